The lowest BCUT2D eigenvalue weighted by Gasteiger charge is -2.08. The zero-order chi connectivity index (χ0) is 17.7. The fourth-order valence-electron chi connectivity index (χ4n) is 1.87. The topological polar surface area (TPSA) is 69.4 Å². The third-order valence-electron chi connectivity index (χ3n) is 2.97. The van der Waals surface area contributed by atoms with Crippen LogP contribution in [0.5, 0.6) is 5.75 Å². The van der Waals surface area contributed by atoms with Crippen LogP contribution in [0.1, 0.15) is 15.9 Å². The molecule has 0 aliphatic heterocycles. The predicted molar refractivity (Wildman–Crippen MR) is 98.7 cm³/mol. The number of nitrogens with two attached hydrogens (primary N) is 1. The van der Waals surface area contributed by atoms with Crippen LogP contribution in [-0.2, 0) is 4.79 Å². The molecule has 2 N–H and O–H groups in total. The Labute approximate surface area is 157 Å². The number of primary amides is 1. The molecule has 0 aliphatic carbocycles. The lowest BCUT2D eigenvalue weighted by atomic mass is 10.1. The van der Waals surface area contributed by atoms with E-state index in [2.05, 4.69) is 15.9 Å². The molecule has 2 rings (SSSR count). The first-order valence-corrected chi connectivity index (χ1v) is 8.30. The van der Waals surface area contributed by atoms with E-state index in [0.29, 0.717) is 25.6 Å². The van der Waals surface area contributed by atoms with Gasteiger partial charge in [-0.2, -0.15) is 0 Å². The van der Waals surface area contributed by atoms with Gasteiger partial charge in [-0.15, -0.1) is 0 Å². The van der Waals surface area contributed by atoms with E-state index in [-0.39, 0.29) is 18.1 Å². The number of hydrogen-bond donors (Lipinski definition) is 1. The summed E-state index contributed by atoms with van der Waals surface area (Å²) in [7, 11) is 0. The Morgan fingerprint density at radius 1 is 1.21 bits per heavy atom. The van der Waals surface area contributed by atoms with E-state index in [4.69, 9.17) is 33.7 Å². The summed E-state index contributed by atoms with van der Waals surface area (Å²) in [5.41, 5.74) is 5.97. The molecule has 0 aliphatic rings. The van der Waals surface area contributed by atoms with Crippen LogP contribution in [0.4, 0.5) is 0 Å². The van der Waals surface area contributed by atoms with Crippen molar-refractivity contribution in [1.29, 1.82) is 0 Å². The highest BCUT2D eigenvalue weighted by Crippen LogP contribution is 2.28. The van der Waals surface area contributed by atoms with Gasteiger partial charge in [0.2, 0.25) is 0 Å². The molecule has 124 valence electrons. The Kier molecular flexibility index (Phi) is 6.43. The van der Waals surface area contributed by atoms with Crippen LogP contribution in [0.15, 0.2) is 46.9 Å². The second-order valence-corrected chi connectivity index (χ2v) is 6.44. The number of benzene rings is 2. The molecule has 0 saturated heterocycles. The number of halogens is 3. The normalized spacial score (nSPS) is 10.8. The Hall–Kier alpha value is -1.82. The number of hydrogen-bond acceptors (Lipinski definition) is 3. The van der Waals surface area contributed by atoms with Crippen LogP contribution in [0.2, 0.25) is 10.0 Å². The maximum absolute atomic E-state index is 12.5. The summed E-state index contributed by atoms with van der Waals surface area (Å²) < 4.78 is 5.97. The van der Waals surface area contributed by atoms with Crippen molar-refractivity contribution in [2.45, 2.75) is 0 Å². The molecule has 1 amide bonds. The van der Waals surface area contributed by atoms with E-state index >= 15 is 0 Å². The molecule has 4 nitrogen and oxygen atoms in total. The molecular weight excluding hydrogens is 417 g/mol. The van der Waals surface area contributed by atoms with Crippen molar-refractivity contribution in [1.82, 2.24) is 0 Å². The van der Waals surface area contributed by atoms with Gasteiger partial charge in [-0.25, -0.2) is 0 Å². The lowest BCUT2D eigenvalue weighted by molar-refractivity contribution is -0.119. The Balaban J connectivity index is 2.28. The van der Waals surface area contributed by atoms with Gasteiger partial charge >= 0.3 is 0 Å². The monoisotopic (exact) mass is 427 g/mol. The molecule has 0 heterocycles. The second kappa shape index (κ2) is 8.33. The summed E-state index contributed by atoms with van der Waals surface area (Å²) in [5, 5.41) is 0.766. The maximum Gasteiger partial charge on any atom is 0.255 e. The summed E-state index contributed by atoms with van der Waals surface area (Å²) >= 11 is 15.3. The number of rotatable bonds is 6. The Bertz CT molecular complexity index is 821. The van der Waals surface area contributed by atoms with Gasteiger partial charge in [-0.3, -0.25) is 9.59 Å². The third-order valence-corrected chi connectivity index (χ3v) is 4.30. The SMILES string of the molecule is NC(=O)COc1ccc(Br)cc1C(=O)/C=C/c1cccc(Cl)c1Cl. The molecule has 0 bridgehead atoms. The smallest absolute Gasteiger partial charge is 0.255 e. The predicted octanol–water partition coefficient (Wildman–Crippen LogP) is 4.52. The van der Waals surface area contributed by atoms with E-state index in [0.717, 1.165) is 0 Å². The average molecular weight is 429 g/mol. The van der Waals surface area contributed by atoms with Crippen LogP contribution in [0.3, 0.4) is 0 Å². The highest BCUT2D eigenvalue weighted by Gasteiger charge is 2.12. The number of carbonyl (C=O) groups excluding carboxylic acids is 2. The number of amides is 1. The molecule has 0 unspecified atom stereocenters. The Morgan fingerprint density at radius 3 is 2.67 bits per heavy atom. The summed E-state index contributed by atoms with van der Waals surface area (Å²) in [4.78, 5) is 23.3. The minimum Gasteiger partial charge on any atom is -0.483 e. The molecule has 0 fully saturated rings. The molecule has 0 radical (unpaired) electrons. The quantitative estimate of drug-likeness (QED) is 0.543. The minimum atomic E-state index is -0.627. The summed E-state index contributed by atoms with van der Waals surface area (Å²) in [6.07, 6.45) is 2.92. The van der Waals surface area contributed by atoms with Crippen molar-refractivity contribution in [2.24, 2.45) is 5.73 Å². The summed E-state index contributed by atoms with van der Waals surface area (Å²) in [6, 6.07) is 10.0. The highest BCUT2D eigenvalue weighted by atomic mass is 79.9. The minimum absolute atomic E-state index is 0.267. The number of ether oxygens (including phenoxy) is 1. The summed E-state index contributed by atoms with van der Waals surface area (Å²) in [5.74, 6) is -0.673. The van der Waals surface area contributed by atoms with Crippen LogP contribution in [0.25, 0.3) is 6.08 Å². The van der Waals surface area contributed by atoms with Crippen molar-refractivity contribution >= 4 is 56.9 Å². The molecule has 2 aromatic carbocycles. The van der Waals surface area contributed by atoms with Crippen molar-refractivity contribution in [3.05, 3.63) is 68.1 Å². The molecule has 7 heteroatoms. The van der Waals surface area contributed by atoms with Gasteiger partial charge < -0.3 is 10.5 Å². The van der Waals surface area contributed by atoms with Gasteiger partial charge in [0.1, 0.15) is 5.75 Å². The van der Waals surface area contributed by atoms with Crippen LogP contribution in [0, 0.1) is 0 Å². The van der Waals surface area contributed by atoms with Gasteiger partial charge in [0, 0.05) is 4.47 Å². The first-order valence-electron chi connectivity index (χ1n) is 6.75. The van der Waals surface area contributed by atoms with Crippen molar-refractivity contribution in [3.63, 3.8) is 0 Å². The van der Waals surface area contributed by atoms with Crippen LogP contribution >= 0.6 is 39.1 Å². The van der Waals surface area contributed by atoms with E-state index in [1.165, 1.54) is 6.08 Å². The van der Waals surface area contributed by atoms with E-state index in [1.54, 1.807) is 42.5 Å². The summed E-state index contributed by atoms with van der Waals surface area (Å²) in [6.45, 7) is -0.314. The molecule has 0 saturated carbocycles. The number of allylic oxidation sites excluding steroid dienone is 1. The van der Waals surface area contributed by atoms with Gasteiger partial charge in [0.15, 0.2) is 12.4 Å². The molecule has 0 spiro atoms. The largest absolute Gasteiger partial charge is 0.483 e. The van der Waals surface area contributed by atoms with E-state index in [1.807, 2.05) is 0 Å². The van der Waals surface area contributed by atoms with Gasteiger partial charge in [-0.1, -0.05) is 51.3 Å². The molecule has 2 aromatic rings. The van der Waals surface area contributed by atoms with Crippen molar-refractivity contribution < 1.29 is 14.3 Å². The van der Waals surface area contributed by atoms with E-state index < -0.39 is 5.91 Å². The highest BCUT2D eigenvalue weighted by molar-refractivity contribution is 9.10. The molecule has 24 heavy (non-hydrogen) atoms. The fourth-order valence-corrected chi connectivity index (χ4v) is 2.61. The fraction of sp³-hybridized carbons (Fsp3) is 0.0588. The first-order chi connectivity index (χ1) is 11.4. The third kappa shape index (κ3) is 4.84. The van der Waals surface area contributed by atoms with Crippen LogP contribution < -0.4 is 10.5 Å². The second-order valence-electron chi connectivity index (χ2n) is 4.74. The Morgan fingerprint density at radius 2 is 1.96 bits per heavy atom. The van der Waals surface area contributed by atoms with Crippen molar-refractivity contribution in [3.8, 4) is 5.75 Å². The van der Waals surface area contributed by atoms with Gasteiger partial charge in [0.25, 0.3) is 5.91 Å². The molecular formula is C17H12BrCl2NO3. The van der Waals surface area contributed by atoms with Gasteiger partial charge in [0.05, 0.1) is 15.6 Å². The van der Waals surface area contributed by atoms with Gasteiger partial charge in [-0.05, 0) is 42.0 Å². The maximum atomic E-state index is 12.5. The average Bonchev–Trinajstić information content (AvgIpc) is 2.54. The first kappa shape index (κ1) is 18.5. The zero-order valence-corrected chi connectivity index (χ0v) is 15.4. The van der Waals surface area contributed by atoms with Crippen LogP contribution in [-0.4, -0.2) is 18.3 Å². The number of carbonyl (C=O) groups is 2. The van der Waals surface area contributed by atoms with E-state index in [9.17, 15) is 9.59 Å². The number of ketones is 1. The molecule has 0 aromatic heterocycles. The van der Waals surface area contributed by atoms with Crippen molar-refractivity contribution in [2.75, 3.05) is 6.61 Å². The lowest BCUT2D eigenvalue weighted by Crippen LogP contribution is -2.20. The molecule has 0 atom stereocenters. The zero-order valence-electron chi connectivity index (χ0n) is 12.3. The standard InChI is InChI=1S/C17H12BrCl2NO3/c18-11-5-7-15(24-9-16(21)23)12(8-11)14(22)6-4-10-2-1-3-13(19)17(10)20/h1-8H,9H2,(H2,21,23)/b6-4+.